The molecule has 0 spiro atoms. The van der Waals surface area contributed by atoms with E-state index in [1.54, 1.807) is 18.4 Å². The summed E-state index contributed by atoms with van der Waals surface area (Å²) < 4.78 is 6.09. The molecule has 1 aromatic carbocycles. The Morgan fingerprint density at radius 2 is 2.04 bits per heavy atom. The Bertz CT molecular complexity index is 739. The number of aromatic nitrogens is 1. The van der Waals surface area contributed by atoms with Crippen molar-refractivity contribution < 1.29 is 4.74 Å². The van der Waals surface area contributed by atoms with E-state index in [0.29, 0.717) is 12.6 Å². The molecule has 1 aliphatic rings. The van der Waals surface area contributed by atoms with Gasteiger partial charge in [-0.1, -0.05) is 18.2 Å². The van der Waals surface area contributed by atoms with Crippen molar-refractivity contribution in [3.05, 3.63) is 45.4 Å². The van der Waals surface area contributed by atoms with Gasteiger partial charge in [0.15, 0.2) is 5.96 Å². The van der Waals surface area contributed by atoms with Crippen molar-refractivity contribution in [3.8, 4) is 5.75 Å². The third kappa shape index (κ3) is 6.34. The summed E-state index contributed by atoms with van der Waals surface area (Å²) in [5, 5.41) is 7.91. The number of hydrogen-bond donors (Lipinski definition) is 2. The molecule has 0 bridgehead atoms. The van der Waals surface area contributed by atoms with Crippen molar-refractivity contribution in [1.29, 1.82) is 0 Å². The lowest BCUT2D eigenvalue weighted by Gasteiger charge is -2.27. The molecule has 0 unspecified atom stereocenters. The number of halogens is 1. The van der Waals surface area contributed by atoms with E-state index in [-0.39, 0.29) is 24.0 Å². The number of aryl methyl sites for hydroxylation is 2. The largest absolute Gasteiger partial charge is 0.490 e. The molecule has 3 rings (SSSR count). The van der Waals surface area contributed by atoms with Gasteiger partial charge in [-0.3, -0.25) is 4.99 Å². The number of benzene rings is 1. The van der Waals surface area contributed by atoms with Crippen LogP contribution in [0.15, 0.2) is 29.3 Å². The molecule has 148 valence electrons. The summed E-state index contributed by atoms with van der Waals surface area (Å²) in [5.74, 6) is 1.78. The van der Waals surface area contributed by atoms with E-state index in [2.05, 4.69) is 46.6 Å². The molecule has 0 atom stereocenters. The van der Waals surface area contributed by atoms with Gasteiger partial charge in [0.2, 0.25) is 0 Å². The monoisotopic (exact) mass is 500 g/mol. The highest BCUT2D eigenvalue weighted by molar-refractivity contribution is 14.0. The van der Waals surface area contributed by atoms with Gasteiger partial charge in [0.05, 0.1) is 16.8 Å². The summed E-state index contributed by atoms with van der Waals surface area (Å²) in [5.41, 5.74) is 2.30. The normalized spacial score (nSPS) is 14.3. The second-order valence-corrected chi connectivity index (χ2v) is 7.92. The number of nitrogens with one attached hydrogen (secondary N) is 2. The van der Waals surface area contributed by atoms with Crippen LogP contribution in [0.5, 0.6) is 5.75 Å². The highest BCUT2D eigenvalue weighted by atomic mass is 127. The number of thiazole rings is 1. The Hall–Kier alpha value is -1.35. The van der Waals surface area contributed by atoms with Gasteiger partial charge >= 0.3 is 0 Å². The lowest BCUT2D eigenvalue weighted by atomic mass is 9.96. The number of ether oxygens (including phenoxy) is 1. The SMILES string of the molecule is CN=C(NCCc1nc(C)c(C)s1)NCc1ccccc1OC1CCC1.I. The maximum atomic E-state index is 6.09. The smallest absolute Gasteiger partial charge is 0.191 e. The van der Waals surface area contributed by atoms with Crippen molar-refractivity contribution in [3.63, 3.8) is 0 Å². The van der Waals surface area contributed by atoms with E-state index in [0.717, 1.165) is 35.9 Å². The minimum atomic E-state index is 0. The second-order valence-electron chi connectivity index (χ2n) is 6.63. The topological polar surface area (TPSA) is 58.5 Å². The van der Waals surface area contributed by atoms with Crippen LogP contribution in [0.1, 0.15) is 40.4 Å². The summed E-state index contributed by atoms with van der Waals surface area (Å²) in [6.07, 6.45) is 4.90. The molecule has 1 heterocycles. The van der Waals surface area contributed by atoms with Gasteiger partial charge in [-0.05, 0) is 39.2 Å². The molecular weight excluding hydrogens is 471 g/mol. The first-order valence-electron chi connectivity index (χ1n) is 9.27. The van der Waals surface area contributed by atoms with Gasteiger partial charge in [-0.25, -0.2) is 4.98 Å². The van der Waals surface area contributed by atoms with Gasteiger partial charge in [-0.15, -0.1) is 35.3 Å². The van der Waals surface area contributed by atoms with Gasteiger partial charge in [0.25, 0.3) is 0 Å². The van der Waals surface area contributed by atoms with Gasteiger partial charge in [0, 0.05) is 37.0 Å². The van der Waals surface area contributed by atoms with E-state index in [4.69, 9.17) is 4.74 Å². The molecule has 0 radical (unpaired) electrons. The number of aliphatic imine (C=N–C) groups is 1. The van der Waals surface area contributed by atoms with E-state index in [1.165, 1.54) is 29.1 Å². The van der Waals surface area contributed by atoms with Crippen LogP contribution in [0, 0.1) is 13.8 Å². The fourth-order valence-electron chi connectivity index (χ4n) is 2.77. The molecule has 1 aromatic heterocycles. The van der Waals surface area contributed by atoms with Crippen molar-refractivity contribution in [2.45, 2.75) is 52.2 Å². The average molecular weight is 500 g/mol. The van der Waals surface area contributed by atoms with Crippen LogP contribution in [-0.2, 0) is 13.0 Å². The maximum absolute atomic E-state index is 6.09. The predicted molar refractivity (Wildman–Crippen MR) is 124 cm³/mol. The number of hydrogen-bond acceptors (Lipinski definition) is 4. The Kier molecular flexibility index (Phi) is 8.82. The third-order valence-corrected chi connectivity index (χ3v) is 5.83. The predicted octanol–water partition coefficient (Wildman–Crippen LogP) is 4.22. The summed E-state index contributed by atoms with van der Waals surface area (Å²) in [7, 11) is 1.80. The van der Waals surface area contributed by atoms with E-state index in [1.807, 2.05) is 12.1 Å². The standard InChI is InChI=1S/C20H28N4OS.HI/c1-14-15(2)26-19(24-14)11-12-22-20(21-3)23-13-16-7-4-5-10-18(16)25-17-8-6-9-17;/h4-5,7,10,17H,6,8-9,11-13H2,1-3H3,(H2,21,22,23);1H. The Morgan fingerprint density at radius 1 is 1.26 bits per heavy atom. The maximum Gasteiger partial charge on any atom is 0.191 e. The number of nitrogens with zero attached hydrogens (tertiary/aromatic N) is 2. The molecular formula is C20H29IN4OS. The second kappa shape index (κ2) is 10.8. The van der Waals surface area contributed by atoms with Gasteiger partial charge in [-0.2, -0.15) is 0 Å². The highest BCUT2D eigenvalue weighted by Gasteiger charge is 2.20. The van der Waals surface area contributed by atoms with Crippen LogP contribution in [0.4, 0.5) is 0 Å². The molecule has 1 aliphatic carbocycles. The Morgan fingerprint density at radius 3 is 2.67 bits per heavy atom. The fraction of sp³-hybridized carbons (Fsp3) is 0.500. The van der Waals surface area contributed by atoms with Crippen molar-refractivity contribution in [2.75, 3.05) is 13.6 Å². The van der Waals surface area contributed by atoms with Crippen LogP contribution >= 0.6 is 35.3 Å². The summed E-state index contributed by atoms with van der Waals surface area (Å²) >= 11 is 1.77. The summed E-state index contributed by atoms with van der Waals surface area (Å²) in [6, 6.07) is 8.24. The zero-order chi connectivity index (χ0) is 18.4. The van der Waals surface area contributed by atoms with Crippen LogP contribution in [0.2, 0.25) is 0 Å². The van der Waals surface area contributed by atoms with Crippen LogP contribution in [-0.4, -0.2) is 30.6 Å². The van der Waals surface area contributed by atoms with E-state index in [9.17, 15) is 0 Å². The molecule has 2 N–H and O–H groups in total. The third-order valence-electron chi connectivity index (χ3n) is 4.69. The molecule has 0 aliphatic heterocycles. The molecule has 27 heavy (non-hydrogen) atoms. The average Bonchev–Trinajstić information content (AvgIpc) is 2.93. The first-order chi connectivity index (χ1) is 12.7. The van der Waals surface area contributed by atoms with E-state index >= 15 is 0 Å². The lowest BCUT2D eigenvalue weighted by molar-refractivity contribution is 0.119. The van der Waals surface area contributed by atoms with Crippen molar-refractivity contribution in [1.82, 2.24) is 15.6 Å². The van der Waals surface area contributed by atoms with Crippen LogP contribution in [0.3, 0.4) is 0 Å². The number of para-hydroxylation sites is 1. The van der Waals surface area contributed by atoms with E-state index < -0.39 is 0 Å². The quantitative estimate of drug-likeness (QED) is 0.340. The van der Waals surface area contributed by atoms with Crippen molar-refractivity contribution in [2.24, 2.45) is 4.99 Å². The van der Waals surface area contributed by atoms with Gasteiger partial charge in [0.1, 0.15) is 5.75 Å². The highest BCUT2D eigenvalue weighted by Crippen LogP contribution is 2.27. The fourth-order valence-corrected chi connectivity index (χ4v) is 3.70. The lowest BCUT2D eigenvalue weighted by Crippen LogP contribution is -2.38. The number of rotatable bonds is 7. The molecule has 7 heteroatoms. The molecule has 2 aromatic rings. The first-order valence-corrected chi connectivity index (χ1v) is 10.1. The van der Waals surface area contributed by atoms with Crippen LogP contribution in [0.25, 0.3) is 0 Å². The zero-order valence-corrected chi connectivity index (χ0v) is 19.4. The molecule has 0 saturated heterocycles. The minimum Gasteiger partial charge on any atom is -0.490 e. The number of guanidine groups is 1. The molecule has 5 nitrogen and oxygen atoms in total. The van der Waals surface area contributed by atoms with Crippen LogP contribution < -0.4 is 15.4 Å². The van der Waals surface area contributed by atoms with Crippen molar-refractivity contribution >= 4 is 41.3 Å². The molecule has 0 amide bonds. The summed E-state index contributed by atoms with van der Waals surface area (Å²) in [6.45, 7) is 5.68. The van der Waals surface area contributed by atoms with Gasteiger partial charge < -0.3 is 15.4 Å². The minimum absolute atomic E-state index is 0. The molecule has 1 saturated carbocycles. The Balaban J connectivity index is 0.00000261. The summed E-state index contributed by atoms with van der Waals surface area (Å²) in [4.78, 5) is 10.2. The zero-order valence-electron chi connectivity index (χ0n) is 16.2. The Labute approximate surface area is 183 Å². The molecule has 1 fully saturated rings. The first kappa shape index (κ1) is 21.9.